The van der Waals surface area contributed by atoms with E-state index >= 15 is 0 Å². The van der Waals surface area contributed by atoms with Crippen molar-refractivity contribution in [2.75, 3.05) is 6.54 Å². The van der Waals surface area contributed by atoms with Crippen LogP contribution in [0, 0.1) is 24.7 Å². The third kappa shape index (κ3) is 2.39. The first kappa shape index (κ1) is 12.8. The van der Waals surface area contributed by atoms with Crippen molar-refractivity contribution < 1.29 is 4.42 Å². The molecule has 0 spiro atoms. The number of hydrogen-bond donors (Lipinski definition) is 0. The van der Waals surface area contributed by atoms with E-state index in [0.29, 0.717) is 5.89 Å². The van der Waals surface area contributed by atoms with E-state index in [1.54, 1.807) is 0 Å². The Kier molecular flexibility index (Phi) is 3.29. The molecule has 1 saturated heterocycles. The highest BCUT2D eigenvalue weighted by atomic mass is 16.4. The van der Waals surface area contributed by atoms with Crippen LogP contribution in [0.4, 0.5) is 0 Å². The highest BCUT2D eigenvalue weighted by Gasteiger charge is 2.41. The number of fused-ring (bicyclic) bond motifs is 2. The normalized spacial score (nSPS) is 37.0. The van der Waals surface area contributed by atoms with E-state index in [1.165, 1.54) is 51.5 Å². The van der Waals surface area contributed by atoms with Crippen LogP contribution >= 0.6 is 0 Å². The number of aryl methyl sites for hydroxylation is 1. The van der Waals surface area contributed by atoms with Gasteiger partial charge in [0.1, 0.15) is 0 Å². The Hall–Kier alpha value is -0.900. The molecule has 20 heavy (non-hydrogen) atoms. The standard InChI is InChI=1S/C16H25N3O/c1-11-17-18-16(20-11)10-19-6-2-3-15(19)9-14-8-12-4-5-13(14)7-12/h12-15H,2-10H2,1H3/t12-,13-,14+,15+/m0/s1. The fraction of sp³-hybridized carbons (Fsp3) is 0.875. The minimum atomic E-state index is 0.684. The Morgan fingerprint density at radius 3 is 2.85 bits per heavy atom. The van der Waals surface area contributed by atoms with Gasteiger partial charge in [0, 0.05) is 13.0 Å². The van der Waals surface area contributed by atoms with Gasteiger partial charge in [-0.3, -0.25) is 4.90 Å². The largest absolute Gasteiger partial charge is 0.424 e. The molecule has 1 aliphatic heterocycles. The Morgan fingerprint density at radius 1 is 1.20 bits per heavy atom. The maximum atomic E-state index is 5.55. The molecule has 2 bridgehead atoms. The second-order valence-electron chi connectivity index (χ2n) is 7.15. The van der Waals surface area contributed by atoms with Crippen LogP contribution in [0.25, 0.3) is 0 Å². The van der Waals surface area contributed by atoms with Crippen LogP contribution in [0.2, 0.25) is 0 Å². The van der Waals surface area contributed by atoms with Crippen molar-refractivity contribution in [3.05, 3.63) is 11.8 Å². The zero-order valence-electron chi connectivity index (χ0n) is 12.4. The minimum absolute atomic E-state index is 0.684. The van der Waals surface area contributed by atoms with E-state index in [0.717, 1.165) is 36.2 Å². The van der Waals surface area contributed by atoms with Crippen LogP contribution in [-0.2, 0) is 6.54 Å². The number of rotatable bonds is 4. The van der Waals surface area contributed by atoms with E-state index in [2.05, 4.69) is 15.1 Å². The number of hydrogen-bond acceptors (Lipinski definition) is 4. The van der Waals surface area contributed by atoms with Crippen molar-refractivity contribution in [3.63, 3.8) is 0 Å². The van der Waals surface area contributed by atoms with Gasteiger partial charge >= 0.3 is 0 Å². The molecule has 2 aliphatic carbocycles. The summed E-state index contributed by atoms with van der Waals surface area (Å²) in [5, 5.41) is 8.10. The second kappa shape index (κ2) is 5.14. The van der Waals surface area contributed by atoms with Gasteiger partial charge in [0.25, 0.3) is 0 Å². The maximum Gasteiger partial charge on any atom is 0.230 e. The maximum absolute atomic E-state index is 5.55. The molecule has 1 aromatic rings. The van der Waals surface area contributed by atoms with Crippen molar-refractivity contribution in [2.45, 2.75) is 64.5 Å². The van der Waals surface area contributed by atoms with Crippen molar-refractivity contribution in [3.8, 4) is 0 Å². The molecular weight excluding hydrogens is 250 g/mol. The molecule has 3 fully saturated rings. The molecule has 0 N–H and O–H groups in total. The van der Waals surface area contributed by atoms with Gasteiger partial charge in [-0.15, -0.1) is 10.2 Å². The molecule has 3 aliphatic rings. The summed E-state index contributed by atoms with van der Waals surface area (Å²) in [5.41, 5.74) is 0. The lowest BCUT2D eigenvalue weighted by Crippen LogP contribution is -2.32. The summed E-state index contributed by atoms with van der Waals surface area (Å²) in [6, 6.07) is 0.756. The quantitative estimate of drug-likeness (QED) is 0.846. The lowest BCUT2D eigenvalue weighted by Gasteiger charge is -2.29. The van der Waals surface area contributed by atoms with Crippen LogP contribution in [0.1, 0.15) is 56.7 Å². The summed E-state index contributed by atoms with van der Waals surface area (Å²) in [5.74, 6) is 4.60. The van der Waals surface area contributed by atoms with Crippen molar-refractivity contribution in [2.24, 2.45) is 17.8 Å². The number of nitrogens with zero attached hydrogens (tertiary/aromatic N) is 3. The van der Waals surface area contributed by atoms with Gasteiger partial charge in [-0.05, 0) is 62.8 Å². The van der Waals surface area contributed by atoms with Crippen LogP contribution in [-0.4, -0.2) is 27.7 Å². The van der Waals surface area contributed by atoms with Gasteiger partial charge in [0.2, 0.25) is 11.8 Å². The highest BCUT2D eigenvalue weighted by Crippen LogP contribution is 2.50. The molecule has 0 radical (unpaired) electrons. The zero-order valence-corrected chi connectivity index (χ0v) is 12.4. The third-order valence-electron chi connectivity index (χ3n) is 5.86. The summed E-state index contributed by atoms with van der Waals surface area (Å²) >= 11 is 0. The lowest BCUT2D eigenvalue weighted by molar-refractivity contribution is 0.172. The summed E-state index contributed by atoms with van der Waals surface area (Å²) in [6.45, 7) is 3.92. The topological polar surface area (TPSA) is 42.2 Å². The van der Waals surface area contributed by atoms with Gasteiger partial charge in [0.05, 0.1) is 6.54 Å². The molecule has 1 aromatic heterocycles. The third-order valence-corrected chi connectivity index (χ3v) is 5.86. The van der Waals surface area contributed by atoms with Crippen molar-refractivity contribution >= 4 is 0 Å². The van der Waals surface area contributed by atoms with Crippen molar-refractivity contribution in [1.29, 1.82) is 0 Å². The summed E-state index contributed by atoms with van der Waals surface area (Å²) in [6.07, 6.45) is 10.2. The smallest absolute Gasteiger partial charge is 0.230 e. The van der Waals surface area contributed by atoms with Gasteiger partial charge in [-0.2, -0.15) is 0 Å². The number of likely N-dealkylation sites (tertiary alicyclic amines) is 1. The van der Waals surface area contributed by atoms with Crippen LogP contribution in [0.3, 0.4) is 0 Å². The highest BCUT2D eigenvalue weighted by molar-refractivity contribution is 4.94. The average molecular weight is 275 g/mol. The molecule has 2 heterocycles. The molecule has 0 unspecified atom stereocenters. The molecule has 4 nitrogen and oxygen atoms in total. The van der Waals surface area contributed by atoms with Crippen LogP contribution < -0.4 is 0 Å². The molecule has 4 heteroatoms. The first-order valence-electron chi connectivity index (χ1n) is 8.31. The first-order valence-corrected chi connectivity index (χ1v) is 8.31. The molecular formula is C16H25N3O. The van der Waals surface area contributed by atoms with Gasteiger partial charge in [-0.25, -0.2) is 0 Å². The van der Waals surface area contributed by atoms with E-state index in [1.807, 2.05) is 6.92 Å². The number of aromatic nitrogens is 2. The molecule has 2 saturated carbocycles. The molecule has 0 amide bonds. The fourth-order valence-corrected chi connectivity index (χ4v) is 4.96. The van der Waals surface area contributed by atoms with Gasteiger partial charge < -0.3 is 4.42 Å². The van der Waals surface area contributed by atoms with Gasteiger partial charge in [-0.1, -0.05) is 6.42 Å². The summed E-state index contributed by atoms with van der Waals surface area (Å²) in [7, 11) is 0. The summed E-state index contributed by atoms with van der Waals surface area (Å²) in [4.78, 5) is 2.58. The molecule has 4 rings (SSSR count). The van der Waals surface area contributed by atoms with Crippen LogP contribution in [0.5, 0.6) is 0 Å². The Balaban J connectivity index is 1.37. The first-order chi connectivity index (χ1) is 9.78. The Bertz CT molecular complexity index is 472. The minimum Gasteiger partial charge on any atom is -0.424 e. The van der Waals surface area contributed by atoms with E-state index < -0.39 is 0 Å². The Labute approximate surface area is 120 Å². The van der Waals surface area contributed by atoms with E-state index in [9.17, 15) is 0 Å². The molecule has 4 atom stereocenters. The average Bonchev–Trinajstić information content (AvgIpc) is 3.17. The lowest BCUT2D eigenvalue weighted by atomic mass is 9.84. The van der Waals surface area contributed by atoms with Crippen molar-refractivity contribution in [1.82, 2.24) is 15.1 Å². The second-order valence-corrected chi connectivity index (χ2v) is 7.15. The Morgan fingerprint density at radius 2 is 2.15 bits per heavy atom. The van der Waals surface area contributed by atoms with E-state index in [4.69, 9.17) is 4.42 Å². The van der Waals surface area contributed by atoms with Gasteiger partial charge in [0.15, 0.2) is 0 Å². The van der Waals surface area contributed by atoms with Crippen LogP contribution in [0.15, 0.2) is 4.42 Å². The monoisotopic (exact) mass is 275 g/mol. The summed E-state index contributed by atoms with van der Waals surface area (Å²) < 4.78 is 5.55. The molecule has 110 valence electrons. The SMILES string of the molecule is Cc1nnc(CN2CCC[C@@H]2C[C@H]2C[C@H]3CC[C@H]2C3)o1. The fourth-order valence-electron chi connectivity index (χ4n) is 4.96. The van der Waals surface area contributed by atoms with E-state index in [-0.39, 0.29) is 0 Å². The predicted octanol–water partition coefficient (Wildman–Crippen LogP) is 3.17. The predicted molar refractivity (Wildman–Crippen MR) is 76.0 cm³/mol. The molecule has 0 aromatic carbocycles. The zero-order chi connectivity index (χ0) is 13.5.